The van der Waals surface area contributed by atoms with Crippen molar-refractivity contribution < 1.29 is 14.3 Å². The van der Waals surface area contributed by atoms with Gasteiger partial charge in [0, 0.05) is 32.0 Å². The Morgan fingerprint density at radius 3 is 2.38 bits per heavy atom. The number of amides is 2. The van der Waals surface area contributed by atoms with E-state index >= 15 is 0 Å². The zero-order valence-electron chi connectivity index (χ0n) is 14.9. The van der Waals surface area contributed by atoms with Crippen LogP contribution in [0.5, 0.6) is 0 Å². The molecule has 1 N–H and O–H groups in total. The fourth-order valence-corrected chi connectivity index (χ4v) is 3.13. The minimum atomic E-state index is -0.0616. The summed E-state index contributed by atoms with van der Waals surface area (Å²) >= 11 is 0. The number of carbonyl (C=O) groups excluding carboxylic acids is 2. The number of hydrogen-bond acceptors (Lipinski definition) is 3. The van der Waals surface area contributed by atoms with Gasteiger partial charge in [0.1, 0.15) is 0 Å². The van der Waals surface area contributed by atoms with E-state index in [0.29, 0.717) is 26.3 Å². The molecule has 0 bridgehead atoms. The number of morpholine rings is 1. The van der Waals surface area contributed by atoms with E-state index < -0.39 is 0 Å². The maximum absolute atomic E-state index is 12.1. The molecule has 1 fully saturated rings. The summed E-state index contributed by atoms with van der Waals surface area (Å²) in [6.45, 7) is 8.59. The molecule has 1 saturated heterocycles. The second-order valence-electron chi connectivity index (χ2n) is 6.66. The van der Waals surface area contributed by atoms with Gasteiger partial charge in [-0.3, -0.25) is 9.59 Å². The molecule has 1 aliphatic rings. The quantitative estimate of drug-likeness (QED) is 0.867. The van der Waals surface area contributed by atoms with E-state index in [9.17, 15) is 9.59 Å². The summed E-state index contributed by atoms with van der Waals surface area (Å²) in [5, 5.41) is 2.99. The molecule has 2 amide bonds. The zero-order chi connectivity index (χ0) is 17.5. The number of rotatable bonds is 6. The van der Waals surface area contributed by atoms with Gasteiger partial charge in [0.25, 0.3) is 0 Å². The van der Waals surface area contributed by atoms with Gasteiger partial charge in [0.05, 0.1) is 13.2 Å². The molecule has 0 aromatic heterocycles. The zero-order valence-corrected chi connectivity index (χ0v) is 14.9. The summed E-state index contributed by atoms with van der Waals surface area (Å²) in [7, 11) is 0. The van der Waals surface area contributed by atoms with Crippen LogP contribution in [0.25, 0.3) is 0 Å². The smallest absolute Gasteiger partial charge is 0.223 e. The third-order valence-corrected chi connectivity index (χ3v) is 4.16. The van der Waals surface area contributed by atoms with Gasteiger partial charge in [-0.05, 0) is 32.8 Å². The van der Waals surface area contributed by atoms with Crippen LogP contribution in [0.15, 0.2) is 18.2 Å². The lowest BCUT2D eigenvalue weighted by Crippen LogP contribution is -2.41. The molecule has 132 valence electrons. The van der Waals surface area contributed by atoms with Crippen molar-refractivity contribution in [3.05, 3.63) is 34.9 Å². The van der Waals surface area contributed by atoms with Crippen molar-refractivity contribution in [1.82, 2.24) is 10.2 Å². The van der Waals surface area contributed by atoms with Gasteiger partial charge >= 0.3 is 0 Å². The molecule has 5 heteroatoms. The first-order valence-electron chi connectivity index (χ1n) is 8.66. The Kier molecular flexibility index (Phi) is 6.79. The molecule has 0 saturated carbocycles. The van der Waals surface area contributed by atoms with E-state index in [1.807, 2.05) is 6.92 Å². The summed E-state index contributed by atoms with van der Waals surface area (Å²) < 4.78 is 5.23. The van der Waals surface area contributed by atoms with Crippen LogP contribution in [-0.4, -0.2) is 49.1 Å². The van der Waals surface area contributed by atoms with Gasteiger partial charge in [0.15, 0.2) is 0 Å². The SMILES string of the molecule is Cc1cc(C)cc(CC(C)NC(=O)CCC(=O)N2CCOCC2)c1. The fraction of sp³-hybridized carbons (Fsp3) is 0.579. The van der Waals surface area contributed by atoms with Crippen molar-refractivity contribution in [3.63, 3.8) is 0 Å². The predicted molar refractivity (Wildman–Crippen MR) is 93.9 cm³/mol. The molecule has 1 heterocycles. The van der Waals surface area contributed by atoms with E-state index in [1.165, 1.54) is 16.7 Å². The van der Waals surface area contributed by atoms with Crippen LogP contribution in [0.3, 0.4) is 0 Å². The highest BCUT2D eigenvalue weighted by Crippen LogP contribution is 2.11. The van der Waals surface area contributed by atoms with E-state index in [0.717, 1.165) is 6.42 Å². The van der Waals surface area contributed by atoms with Gasteiger partial charge < -0.3 is 15.0 Å². The van der Waals surface area contributed by atoms with E-state index in [-0.39, 0.29) is 30.7 Å². The summed E-state index contributed by atoms with van der Waals surface area (Å²) in [5.41, 5.74) is 3.70. The maximum Gasteiger partial charge on any atom is 0.223 e. The normalized spacial score (nSPS) is 15.9. The van der Waals surface area contributed by atoms with Crippen molar-refractivity contribution >= 4 is 11.8 Å². The highest BCUT2D eigenvalue weighted by atomic mass is 16.5. The Bertz CT molecular complexity index is 560. The molecule has 1 unspecified atom stereocenters. The lowest BCUT2D eigenvalue weighted by atomic mass is 10.0. The standard InChI is InChI=1S/C19H28N2O3/c1-14-10-15(2)12-17(11-14)13-16(3)20-18(22)4-5-19(23)21-6-8-24-9-7-21/h10-12,16H,4-9,13H2,1-3H3,(H,20,22). The molecule has 2 rings (SSSR count). The second kappa shape index (κ2) is 8.83. The molecule has 1 aromatic carbocycles. The van der Waals surface area contributed by atoms with Crippen LogP contribution in [0, 0.1) is 13.8 Å². The number of nitrogens with zero attached hydrogens (tertiary/aromatic N) is 1. The van der Waals surface area contributed by atoms with Crippen molar-refractivity contribution in [2.45, 2.75) is 46.1 Å². The molecule has 24 heavy (non-hydrogen) atoms. The van der Waals surface area contributed by atoms with Gasteiger partial charge in [0.2, 0.25) is 11.8 Å². The highest BCUT2D eigenvalue weighted by molar-refractivity contribution is 5.83. The van der Waals surface area contributed by atoms with Gasteiger partial charge in [-0.25, -0.2) is 0 Å². The van der Waals surface area contributed by atoms with Crippen molar-refractivity contribution in [3.8, 4) is 0 Å². The van der Waals surface area contributed by atoms with Gasteiger partial charge in [-0.1, -0.05) is 29.3 Å². The molecule has 1 atom stereocenters. The third-order valence-electron chi connectivity index (χ3n) is 4.16. The average molecular weight is 332 g/mol. The first-order valence-corrected chi connectivity index (χ1v) is 8.66. The van der Waals surface area contributed by atoms with Crippen molar-refractivity contribution in [2.24, 2.45) is 0 Å². The summed E-state index contributed by atoms with van der Waals surface area (Å²) in [4.78, 5) is 25.9. The van der Waals surface area contributed by atoms with Crippen LogP contribution < -0.4 is 5.32 Å². The van der Waals surface area contributed by atoms with Crippen LogP contribution in [0.2, 0.25) is 0 Å². The monoisotopic (exact) mass is 332 g/mol. The third kappa shape index (κ3) is 5.96. The Labute approximate surface area is 144 Å². The van der Waals surface area contributed by atoms with Gasteiger partial charge in [-0.15, -0.1) is 0 Å². The summed E-state index contributed by atoms with van der Waals surface area (Å²) in [5.74, 6) is -0.0242. The largest absolute Gasteiger partial charge is 0.378 e. The first kappa shape index (κ1) is 18.5. The van der Waals surface area contributed by atoms with Crippen LogP contribution in [0.1, 0.15) is 36.5 Å². The van der Waals surface area contributed by atoms with Crippen LogP contribution >= 0.6 is 0 Å². The second-order valence-corrected chi connectivity index (χ2v) is 6.66. The minimum absolute atomic E-state index is 0.0374. The molecule has 5 nitrogen and oxygen atoms in total. The molecule has 0 aliphatic carbocycles. The number of benzene rings is 1. The minimum Gasteiger partial charge on any atom is -0.378 e. The molecular formula is C19H28N2O3. The van der Waals surface area contributed by atoms with E-state index in [1.54, 1.807) is 4.90 Å². The lowest BCUT2D eigenvalue weighted by Gasteiger charge is -2.26. The predicted octanol–water partition coefficient (Wildman–Crippen LogP) is 1.99. The lowest BCUT2D eigenvalue weighted by molar-refractivity contribution is -0.137. The highest BCUT2D eigenvalue weighted by Gasteiger charge is 2.18. The number of carbonyl (C=O) groups is 2. The number of aryl methyl sites for hydroxylation is 2. The number of hydrogen-bond donors (Lipinski definition) is 1. The van der Waals surface area contributed by atoms with Crippen molar-refractivity contribution in [1.29, 1.82) is 0 Å². The van der Waals surface area contributed by atoms with Crippen LogP contribution in [0.4, 0.5) is 0 Å². The Balaban J connectivity index is 1.73. The maximum atomic E-state index is 12.1. The Hall–Kier alpha value is -1.88. The topological polar surface area (TPSA) is 58.6 Å². The molecular weight excluding hydrogens is 304 g/mol. The Morgan fingerprint density at radius 2 is 1.75 bits per heavy atom. The van der Waals surface area contributed by atoms with Crippen molar-refractivity contribution in [2.75, 3.05) is 26.3 Å². The Morgan fingerprint density at radius 1 is 1.12 bits per heavy atom. The summed E-state index contributed by atoms with van der Waals surface area (Å²) in [6.07, 6.45) is 1.31. The van der Waals surface area contributed by atoms with E-state index in [4.69, 9.17) is 4.74 Å². The molecule has 0 radical (unpaired) electrons. The first-order chi connectivity index (χ1) is 11.4. The average Bonchev–Trinajstić information content (AvgIpc) is 2.52. The summed E-state index contributed by atoms with van der Waals surface area (Å²) in [6, 6.07) is 6.50. The molecule has 1 aliphatic heterocycles. The molecule has 1 aromatic rings. The number of ether oxygens (including phenoxy) is 1. The fourth-order valence-electron chi connectivity index (χ4n) is 3.13. The van der Waals surface area contributed by atoms with E-state index in [2.05, 4.69) is 37.4 Å². The van der Waals surface area contributed by atoms with Gasteiger partial charge in [-0.2, -0.15) is 0 Å². The number of nitrogens with one attached hydrogen (secondary N) is 1. The van der Waals surface area contributed by atoms with Crippen LogP contribution in [-0.2, 0) is 20.7 Å². The molecule has 0 spiro atoms.